The van der Waals surface area contributed by atoms with Crippen molar-refractivity contribution in [3.05, 3.63) is 44.9 Å². The fourth-order valence-corrected chi connectivity index (χ4v) is 2.40. The van der Waals surface area contributed by atoms with Gasteiger partial charge in [0.25, 0.3) is 0 Å². The van der Waals surface area contributed by atoms with E-state index in [2.05, 4.69) is 15.3 Å². The number of imidazole rings is 1. The molecule has 1 aromatic heterocycles. The summed E-state index contributed by atoms with van der Waals surface area (Å²) in [6.45, 7) is 2.51. The van der Waals surface area contributed by atoms with Crippen molar-refractivity contribution in [3.8, 4) is 0 Å². The highest BCUT2D eigenvalue weighted by molar-refractivity contribution is 6.41. The zero-order valence-corrected chi connectivity index (χ0v) is 11.3. The van der Waals surface area contributed by atoms with Crippen LogP contribution in [0.2, 0.25) is 15.1 Å². The van der Waals surface area contributed by atoms with E-state index in [0.29, 0.717) is 27.3 Å². The number of benzene rings is 1. The Balaban J connectivity index is 2.17. The van der Waals surface area contributed by atoms with E-state index in [4.69, 9.17) is 34.8 Å². The summed E-state index contributed by atoms with van der Waals surface area (Å²) in [5.41, 5.74) is 2.60. The summed E-state index contributed by atoms with van der Waals surface area (Å²) in [5, 5.41) is 4.65. The summed E-state index contributed by atoms with van der Waals surface area (Å²) in [6, 6.07) is 3.30. The minimum absolute atomic E-state index is 0.496. The summed E-state index contributed by atoms with van der Waals surface area (Å²) in [6.07, 6.45) is 1.65. The second-order valence-electron chi connectivity index (χ2n) is 3.57. The van der Waals surface area contributed by atoms with Crippen LogP contribution in [-0.4, -0.2) is 9.97 Å². The van der Waals surface area contributed by atoms with Gasteiger partial charge >= 0.3 is 0 Å². The molecule has 0 saturated carbocycles. The van der Waals surface area contributed by atoms with Crippen LogP contribution < -0.4 is 5.32 Å². The quantitative estimate of drug-likeness (QED) is 0.885. The average Bonchev–Trinajstić information content (AvgIpc) is 2.62. The molecule has 0 aliphatic rings. The number of hydrogen-bond donors (Lipinski definition) is 2. The number of H-pyrrole nitrogens is 1. The van der Waals surface area contributed by atoms with Gasteiger partial charge in [0.15, 0.2) is 0 Å². The first-order valence-corrected chi connectivity index (χ1v) is 6.08. The van der Waals surface area contributed by atoms with Crippen molar-refractivity contribution in [1.29, 1.82) is 0 Å². The number of aryl methyl sites for hydroxylation is 1. The zero-order chi connectivity index (χ0) is 12.4. The van der Waals surface area contributed by atoms with Crippen LogP contribution in [0, 0.1) is 6.92 Å². The van der Waals surface area contributed by atoms with Gasteiger partial charge < -0.3 is 10.3 Å². The summed E-state index contributed by atoms with van der Waals surface area (Å²) < 4.78 is 0. The normalized spacial score (nSPS) is 10.6. The molecular weight excluding hydrogens is 281 g/mol. The van der Waals surface area contributed by atoms with Crippen LogP contribution in [0.3, 0.4) is 0 Å². The average molecular weight is 291 g/mol. The van der Waals surface area contributed by atoms with E-state index in [0.717, 1.165) is 11.4 Å². The van der Waals surface area contributed by atoms with Crippen LogP contribution in [-0.2, 0) is 6.54 Å². The van der Waals surface area contributed by atoms with Crippen molar-refractivity contribution >= 4 is 40.5 Å². The van der Waals surface area contributed by atoms with Crippen molar-refractivity contribution in [2.45, 2.75) is 13.5 Å². The van der Waals surface area contributed by atoms with Crippen LogP contribution in [0.5, 0.6) is 0 Å². The van der Waals surface area contributed by atoms with Gasteiger partial charge in [-0.25, -0.2) is 4.98 Å². The van der Waals surface area contributed by atoms with Gasteiger partial charge in [-0.05, 0) is 19.1 Å². The van der Waals surface area contributed by atoms with E-state index in [-0.39, 0.29) is 0 Å². The van der Waals surface area contributed by atoms with Crippen molar-refractivity contribution < 1.29 is 0 Å². The molecule has 1 heterocycles. The molecule has 6 heteroatoms. The molecule has 90 valence electrons. The van der Waals surface area contributed by atoms with Gasteiger partial charge in [-0.3, -0.25) is 0 Å². The van der Waals surface area contributed by atoms with Gasteiger partial charge in [-0.1, -0.05) is 34.8 Å². The van der Waals surface area contributed by atoms with Gasteiger partial charge in [0.1, 0.15) is 0 Å². The molecular formula is C11H10Cl3N3. The van der Waals surface area contributed by atoms with E-state index >= 15 is 0 Å². The third-order valence-electron chi connectivity index (χ3n) is 2.37. The molecule has 3 nitrogen and oxygen atoms in total. The second kappa shape index (κ2) is 5.17. The molecule has 0 atom stereocenters. The van der Waals surface area contributed by atoms with E-state index < -0.39 is 0 Å². The Hall–Kier alpha value is -0.900. The Bertz CT molecular complexity index is 514. The van der Waals surface area contributed by atoms with Gasteiger partial charge in [0.05, 0.1) is 34.3 Å². The van der Waals surface area contributed by atoms with Crippen LogP contribution in [0.15, 0.2) is 18.5 Å². The van der Waals surface area contributed by atoms with Gasteiger partial charge in [-0.2, -0.15) is 0 Å². The Morgan fingerprint density at radius 2 is 1.88 bits per heavy atom. The predicted octanol–water partition coefficient (Wildman–Crippen LogP) is 4.29. The number of halogens is 3. The van der Waals surface area contributed by atoms with Crippen LogP contribution in [0.25, 0.3) is 0 Å². The lowest BCUT2D eigenvalue weighted by atomic mass is 10.3. The summed E-state index contributed by atoms with van der Waals surface area (Å²) >= 11 is 17.9. The molecule has 0 amide bonds. The molecule has 0 aliphatic carbocycles. The molecule has 2 aromatic rings. The maximum absolute atomic E-state index is 6.06. The number of nitrogens with zero attached hydrogens (tertiary/aromatic N) is 1. The smallest absolute Gasteiger partial charge is 0.0925 e. The number of anilines is 1. The van der Waals surface area contributed by atoms with Crippen LogP contribution >= 0.6 is 34.8 Å². The first-order valence-electron chi connectivity index (χ1n) is 4.95. The van der Waals surface area contributed by atoms with E-state index in [1.165, 1.54) is 0 Å². The molecule has 0 fully saturated rings. The Morgan fingerprint density at radius 1 is 1.24 bits per heavy atom. The fourth-order valence-electron chi connectivity index (χ4n) is 1.45. The van der Waals surface area contributed by atoms with Crippen molar-refractivity contribution in [2.75, 3.05) is 5.32 Å². The van der Waals surface area contributed by atoms with Crippen molar-refractivity contribution in [2.24, 2.45) is 0 Å². The van der Waals surface area contributed by atoms with Crippen LogP contribution in [0.4, 0.5) is 5.69 Å². The van der Waals surface area contributed by atoms with E-state index in [1.54, 1.807) is 18.5 Å². The maximum atomic E-state index is 6.06. The SMILES string of the molecule is Cc1[nH]cnc1CNc1c(Cl)cc(Cl)cc1Cl. The molecule has 0 spiro atoms. The van der Waals surface area contributed by atoms with Gasteiger partial charge in [0, 0.05) is 10.7 Å². The Morgan fingerprint density at radius 3 is 2.41 bits per heavy atom. The summed E-state index contributed by atoms with van der Waals surface area (Å²) in [4.78, 5) is 7.18. The van der Waals surface area contributed by atoms with E-state index in [1.807, 2.05) is 6.92 Å². The minimum atomic E-state index is 0.496. The standard InChI is InChI=1S/C11H10Cl3N3/c1-6-10(17-5-16-6)4-15-11-8(13)2-7(12)3-9(11)14/h2-3,5,15H,4H2,1H3,(H,16,17). The number of nitrogens with one attached hydrogen (secondary N) is 2. The number of rotatable bonds is 3. The minimum Gasteiger partial charge on any atom is -0.377 e. The first-order chi connectivity index (χ1) is 8.08. The molecule has 2 N–H and O–H groups in total. The molecule has 0 radical (unpaired) electrons. The fraction of sp³-hybridized carbons (Fsp3) is 0.182. The number of aromatic amines is 1. The lowest BCUT2D eigenvalue weighted by Crippen LogP contribution is -2.02. The third-order valence-corrected chi connectivity index (χ3v) is 3.19. The highest BCUT2D eigenvalue weighted by Crippen LogP contribution is 2.33. The van der Waals surface area contributed by atoms with Crippen LogP contribution in [0.1, 0.15) is 11.4 Å². The zero-order valence-electron chi connectivity index (χ0n) is 9.02. The molecule has 17 heavy (non-hydrogen) atoms. The Kier molecular flexibility index (Phi) is 3.82. The predicted molar refractivity (Wildman–Crippen MR) is 72.1 cm³/mol. The lowest BCUT2D eigenvalue weighted by Gasteiger charge is -2.10. The highest BCUT2D eigenvalue weighted by Gasteiger charge is 2.08. The first kappa shape index (κ1) is 12.6. The topological polar surface area (TPSA) is 40.7 Å². The van der Waals surface area contributed by atoms with Crippen molar-refractivity contribution in [1.82, 2.24) is 9.97 Å². The molecule has 1 aromatic carbocycles. The molecule has 0 aliphatic heterocycles. The maximum Gasteiger partial charge on any atom is 0.0925 e. The second-order valence-corrected chi connectivity index (χ2v) is 4.82. The highest BCUT2D eigenvalue weighted by atomic mass is 35.5. The van der Waals surface area contributed by atoms with Gasteiger partial charge in [0.2, 0.25) is 0 Å². The number of hydrogen-bond acceptors (Lipinski definition) is 2. The van der Waals surface area contributed by atoms with Crippen molar-refractivity contribution in [3.63, 3.8) is 0 Å². The molecule has 2 rings (SSSR count). The Labute approximate surface area is 114 Å². The summed E-state index contributed by atoms with van der Waals surface area (Å²) in [7, 11) is 0. The van der Waals surface area contributed by atoms with E-state index in [9.17, 15) is 0 Å². The number of aromatic nitrogens is 2. The monoisotopic (exact) mass is 289 g/mol. The van der Waals surface area contributed by atoms with Gasteiger partial charge in [-0.15, -0.1) is 0 Å². The summed E-state index contributed by atoms with van der Waals surface area (Å²) in [5.74, 6) is 0. The lowest BCUT2D eigenvalue weighted by molar-refractivity contribution is 1.05. The third kappa shape index (κ3) is 2.86. The molecule has 0 unspecified atom stereocenters. The molecule has 0 saturated heterocycles. The molecule has 0 bridgehead atoms. The largest absolute Gasteiger partial charge is 0.377 e.